The van der Waals surface area contributed by atoms with E-state index in [1.807, 2.05) is 6.07 Å². The highest BCUT2D eigenvalue weighted by Gasteiger charge is 2.18. The normalized spacial score (nSPS) is 17.0. The molecule has 1 aromatic carbocycles. The van der Waals surface area contributed by atoms with E-state index in [-0.39, 0.29) is 0 Å². The van der Waals surface area contributed by atoms with E-state index in [0.29, 0.717) is 19.2 Å². The van der Waals surface area contributed by atoms with Crippen molar-refractivity contribution in [1.29, 1.82) is 0 Å². The Kier molecular flexibility index (Phi) is 5.83. The van der Waals surface area contributed by atoms with Crippen molar-refractivity contribution in [3.05, 3.63) is 35.9 Å². The van der Waals surface area contributed by atoms with Gasteiger partial charge in [-0.15, -0.1) is 0 Å². The molecule has 0 radical (unpaired) electrons. The summed E-state index contributed by atoms with van der Waals surface area (Å²) in [6, 6.07) is 11.1. The maximum absolute atomic E-state index is 10.4. The lowest BCUT2D eigenvalue weighted by molar-refractivity contribution is 0.150. The second-order valence-electron chi connectivity index (χ2n) is 5.16. The molecule has 2 rings (SSSR count). The molecule has 5 nitrogen and oxygen atoms in total. The molecular formula is C15H23N3O2. The summed E-state index contributed by atoms with van der Waals surface area (Å²) in [5.41, 5.74) is 6.28. The highest BCUT2D eigenvalue weighted by atomic mass is 16.5. The van der Waals surface area contributed by atoms with Gasteiger partial charge in [-0.25, -0.2) is 4.79 Å². The summed E-state index contributed by atoms with van der Waals surface area (Å²) in [6.45, 7) is 4.25. The van der Waals surface area contributed by atoms with E-state index >= 15 is 0 Å². The van der Waals surface area contributed by atoms with Crippen molar-refractivity contribution in [3.63, 3.8) is 0 Å². The molecule has 20 heavy (non-hydrogen) atoms. The fourth-order valence-electron chi connectivity index (χ4n) is 2.55. The lowest BCUT2D eigenvalue weighted by Gasteiger charge is -2.32. The van der Waals surface area contributed by atoms with E-state index in [4.69, 9.17) is 10.5 Å². The van der Waals surface area contributed by atoms with Crippen LogP contribution < -0.4 is 11.1 Å². The molecule has 1 aliphatic rings. The first kappa shape index (κ1) is 14.8. The van der Waals surface area contributed by atoms with Crippen LogP contribution in [-0.2, 0) is 11.3 Å². The molecular weight excluding hydrogens is 254 g/mol. The number of ether oxygens (including phenoxy) is 1. The predicted octanol–water partition coefficient (Wildman–Crippen LogP) is 1.34. The maximum atomic E-state index is 10.4. The number of nitrogens with one attached hydrogen (secondary N) is 1. The van der Waals surface area contributed by atoms with Crippen molar-refractivity contribution in [1.82, 2.24) is 10.2 Å². The number of nitrogens with zero attached hydrogens (tertiary/aromatic N) is 1. The highest BCUT2D eigenvalue weighted by Crippen LogP contribution is 2.13. The van der Waals surface area contributed by atoms with Crippen LogP contribution in [0.1, 0.15) is 18.4 Å². The molecule has 0 aliphatic carbocycles. The molecule has 0 unspecified atom stereocenters. The molecule has 0 saturated carbocycles. The second kappa shape index (κ2) is 7.87. The van der Waals surface area contributed by atoms with Crippen molar-refractivity contribution >= 4 is 6.09 Å². The number of benzene rings is 1. The topological polar surface area (TPSA) is 67.6 Å². The molecule has 0 aromatic heterocycles. The zero-order valence-corrected chi connectivity index (χ0v) is 11.8. The fraction of sp³-hybridized carbons (Fsp3) is 0.533. The Balaban J connectivity index is 1.61. The van der Waals surface area contributed by atoms with Gasteiger partial charge in [-0.2, -0.15) is 0 Å². The van der Waals surface area contributed by atoms with Gasteiger partial charge in [0.2, 0.25) is 0 Å². The molecule has 1 amide bonds. The van der Waals surface area contributed by atoms with Crippen LogP contribution in [0.2, 0.25) is 0 Å². The zero-order chi connectivity index (χ0) is 14.2. The summed E-state index contributed by atoms with van der Waals surface area (Å²) < 4.78 is 4.70. The van der Waals surface area contributed by atoms with Gasteiger partial charge in [-0.05, 0) is 31.5 Å². The minimum atomic E-state index is -0.704. The summed E-state index contributed by atoms with van der Waals surface area (Å²) in [5, 5.41) is 3.40. The van der Waals surface area contributed by atoms with Gasteiger partial charge in [0, 0.05) is 19.1 Å². The van der Waals surface area contributed by atoms with Crippen molar-refractivity contribution < 1.29 is 9.53 Å². The van der Waals surface area contributed by atoms with Crippen LogP contribution in [0, 0.1) is 0 Å². The van der Waals surface area contributed by atoms with E-state index < -0.39 is 6.09 Å². The van der Waals surface area contributed by atoms with Crippen LogP contribution >= 0.6 is 0 Å². The van der Waals surface area contributed by atoms with E-state index in [1.54, 1.807) is 0 Å². The second-order valence-corrected chi connectivity index (χ2v) is 5.16. The smallest absolute Gasteiger partial charge is 0.404 e. The molecule has 1 aliphatic heterocycles. The Hall–Kier alpha value is -1.59. The minimum Gasteiger partial charge on any atom is -0.448 e. The lowest BCUT2D eigenvalue weighted by Crippen LogP contribution is -2.43. The summed E-state index contributed by atoms with van der Waals surface area (Å²) in [5.74, 6) is 0. The number of hydrogen-bond donors (Lipinski definition) is 2. The molecule has 0 spiro atoms. The zero-order valence-electron chi connectivity index (χ0n) is 11.8. The van der Waals surface area contributed by atoms with E-state index in [1.165, 1.54) is 5.56 Å². The first-order valence-electron chi connectivity index (χ1n) is 7.16. The van der Waals surface area contributed by atoms with Gasteiger partial charge in [0.25, 0.3) is 0 Å². The Morgan fingerprint density at radius 3 is 2.65 bits per heavy atom. The summed E-state index contributed by atoms with van der Waals surface area (Å²) in [6.07, 6.45) is 1.55. The molecule has 1 heterocycles. The number of nitrogens with two attached hydrogens (primary N) is 1. The van der Waals surface area contributed by atoms with Gasteiger partial charge >= 0.3 is 6.09 Å². The number of hydrogen-bond acceptors (Lipinski definition) is 4. The number of carbonyl (C=O) groups is 1. The van der Waals surface area contributed by atoms with Gasteiger partial charge in [-0.1, -0.05) is 30.3 Å². The van der Waals surface area contributed by atoms with Crippen molar-refractivity contribution in [2.45, 2.75) is 25.4 Å². The Bertz CT molecular complexity index is 403. The van der Waals surface area contributed by atoms with E-state index in [9.17, 15) is 4.79 Å². The third-order valence-electron chi connectivity index (χ3n) is 3.62. The van der Waals surface area contributed by atoms with Crippen molar-refractivity contribution in [2.75, 3.05) is 26.2 Å². The average molecular weight is 277 g/mol. The minimum absolute atomic E-state index is 0.347. The molecule has 3 N–H and O–H groups in total. The Labute approximate surface area is 120 Å². The number of piperidine rings is 1. The van der Waals surface area contributed by atoms with Crippen LogP contribution in [0.5, 0.6) is 0 Å². The summed E-state index contributed by atoms with van der Waals surface area (Å²) in [7, 11) is 0. The quantitative estimate of drug-likeness (QED) is 0.770. The van der Waals surface area contributed by atoms with Crippen LogP contribution in [0.4, 0.5) is 4.79 Å². The van der Waals surface area contributed by atoms with Crippen LogP contribution in [0.3, 0.4) is 0 Å². The van der Waals surface area contributed by atoms with Gasteiger partial charge in [0.15, 0.2) is 0 Å². The first-order valence-corrected chi connectivity index (χ1v) is 7.16. The van der Waals surface area contributed by atoms with E-state index in [2.05, 4.69) is 34.5 Å². The molecule has 1 fully saturated rings. The van der Waals surface area contributed by atoms with Crippen molar-refractivity contribution in [3.8, 4) is 0 Å². The molecule has 0 atom stereocenters. The SMILES string of the molecule is NC(=O)OCCNC1CCN(Cc2ccccc2)CC1. The van der Waals surface area contributed by atoms with Gasteiger partial charge in [-0.3, -0.25) is 4.90 Å². The molecule has 1 aromatic rings. The van der Waals surface area contributed by atoms with Gasteiger partial charge in [0.05, 0.1) is 0 Å². The highest BCUT2D eigenvalue weighted by molar-refractivity contribution is 5.64. The van der Waals surface area contributed by atoms with E-state index in [0.717, 1.165) is 32.5 Å². The predicted molar refractivity (Wildman–Crippen MR) is 78.3 cm³/mol. The number of primary amides is 1. The standard InChI is InChI=1S/C15H23N3O2/c16-15(19)20-11-8-17-14-6-9-18(10-7-14)12-13-4-2-1-3-5-13/h1-5,14,17H,6-12H2,(H2,16,19). The number of carbonyl (C=O) groups excluding carboxylic acids is 1. The molecule has 5 heteroatoms. The Morgan fingerprint density at radius 1 is 1.30 bits per heavy atom. The fourth-order valence-corrected chi connectivity index (χ4v) is 2.55. The van der Waals surface area contributed by atoms with Crippen LogP contribution in [0.25, 0.3) is 0 Å². The molecule has 1 saturated heterocycles. The first-order chi connectivity index (χ1) is 9.74. The number of rotatable bonds is 6. The van der Waals surface area contributed by atoms with Gasteiger partial charge in [0.1, 0.15) is 6.61 Å². The molecule has 110 valence electrons. The summed E-state index contributed by atoms with van der Waals surface area (Å²) >= 11 is 0. The van der Waals surface area contributed by atoms with Crippen LogP contribution in [-0.4, -0.2) is 43.3 Å². The number of likely N-dealkylation sites (tertiary alicyclic amines) is 1. The maximum Gasteiger partial charge on any atom is 0.404 e. The van der Waals surface area contributed by atoms with Crippen molar-refractivity contribution in [2.24, 2.45) is 5.73 Å². The Morgan fingerprint density at radius 2 is 2.00 bits per heavy atom. The lowest BCUT2D eigenvalue weighted by atomic mass is 10.0. The third kappa shape index (κ3) is 5.19. The van der Waals surface area contributed by atoms with Crippen LogP contribution in [0.15, 0.2) is 30.3 Å². The largest absolute Gasteiger partial charge is 0.448 e. The number of amides is 1. The average Bonchev–Trinajstić information content (AvgIpc) is 2.46. The van der Waals surface area contributed by atoms with Gasteiger partial charge < -0.3 is 15.8 Å². The summed E-state index contributed by atoms with van der Waals surface area (Å²) in [4.78, 5) is 12.9. The monoisotopic (exact) mass is 277 g/mol. The third-order valence-corrected chi connectivity index (χ3v) is 3.62. The molecule has 0 bridgehead atoms.